The van der Waals surface area contributed by atoms with Crippen molar-refractivity contribution < 1.29 is 23.8 Å². The fraction of sp³-hybridized carbons (Fsp3) is 0.364. The number of fused-ring (bicyclic) bond motifs is 2. The van der Waals surface area contributed by atoms with E-state index in [9.17, 15) is 9.59 Å². The first-order valence-corrected chi connectivity index (χ1v) is 10.3. The van der Waals surface area contributed by atoms with Gasteiger partial charge in [0.25, 0.3) is 5.91 Å². The highest BCUT2D eigenvalue weighted by atomic mass is 16.7. The van der Waals surface area contributed by atoms with Crippen LogP contribution in [0.15, 0.2) is 36.4 Å². The molecular weight excluding hydrogens is 400 g/mol. The van der Waals surface area contributed by atoms with Gasteiger partial charge in [-0.3, -0.25) is 19.4 Å². The summed E-state index contributed by atoms with van der Waals surface area (Å²) in [6.07, 6.45) is 0. The number of ether oxygens (including phenoxy) is 3. The van der Waals surface area contributed by atoms with Crippen LogP contribution in [0.1, 0.15) is 5.56 Å². The highest BCUT2D eigenvalue weighted by Crippen LogP contribution is 2.33. The number of hydrogen-bond acceptors (Lipinski definition) is 7. The molecule has 3 aliphatic rings. The number of carbonyl (C=O) groups excluding carboxylic acids is 2. The van der Waals surface area contributed by atoms with Crippen LogP contribution in [0.5, 0.6) is 17.2 Å². The Hall–Kier alpha value is -3.30. The molecule has 0 aromatic heterocycles. The van der Waals surface area contributed by atoms with Gasteiger partial charge in [0, 0.05) is 44.5 Å². The van der Waals surface area contributed by atoms with E-state index in [0.717, 1.165) is 44.2 Å². The molecule has 162 valence electrons. The van der Waals surface area contributed by atoms with Crippen LogP contribution in [0.2, 0.25) is 0 Å². The molecule has 0 saturated carbocycles. The minimum Gasteiger partial charge on any atom is -0.482 e. The molecule has 0 bridgehead atoms. The van der Waals surface area contributed by atoms with E-state index in [2.05, 4.69) is 26.5 Å². The zero-order chi connectivity index (χ0) is 21.2. The van der Waals surface area contributed by atoms with Crippen LogP contribution in [0.25, 0.3) is 0 Å². The van der Waals surface area contributed by atoms with Gasteiger partial charge in [-0.05, 0) is 29.8 Å². The lowest BCUT2D eigenvalue weighted by molar-refractivity contribution is -0.119. The highest BCUT2D eigenvalue weighted by molar-refractivity contribution is 5.97. The quantitative estimate of drug-likeness (QED) is 0.752. The van der Waals surface area contributed by atoms with Crippen molar-refractivity contribution in [3.8, 4) is 17.2 Å². The summed E-state index contributed by atoms with van der Waals surface area (Å²) in [7, 11) is 0. The molecule has 2 aromatic carbocycles. The normalized spacial score (nSPS) is 18.1. The standard InChI is InChI=1S/C22H24N4O5/c27-21(23-16-2-3-17-19(10-16)29-13-22(28)24-17)12-26-7-5-25(6-8-26)11-15-1-4-18-20(9-15)31-14-30-18/h1-4,9-10H,5-8,11-14H2,(H,23,27)(H,24,28). The van der Waals surface area contributed by atoms with E-state index in [0.29, 0.717) is 23.7 Å². The molecule has 0 radical (unpaired) electrons. The number of benzene rings is 2. The lowest BCUT2D eigenvalue weighted by Crippen LogP contribution is -2.48. The van der Waals surface area contributed by atoms with E-state index >= 15 is 0 Å². The summed E-state index contributed by atoms with van der Waals surface area (Å²) in [4.78, 5) is 28.4. The average Bonchev–Trinajstić information content (AvgIpc) is 3.23. The SMILES string of the molecule is O=C(CN1CCN(Cc2ccc3c(c2)OCO3)CC1)Nc1ccc2c(c1)OCC(=O)N2. The Morgan fingerprint density at radius 1 is 0.935 bits per heavy atom. The third-order valence-corrected chi connectivity index (χ3v) is 5.57. The summed E-state index contributed by atoms with van der Waals surface area (Å²) in [6.45, 7) is 4.92. The van der Waals surface area contributed by atoms with E-state index in [1.54, 1.807) is 18.2 Å². The van der Waals surface area contributed by atoms with Crippen LogP contribution in [0.3, 0.4) is 0 Å². The van der Waals surface area contributed by atoms with Gasteiger partial charge in [-0.15, -0.1) is 0 Å². The van der Waals surface area contributed by atoms with Crippen molar-refractivity contribution in [2.75, 3.05) is 56.8 Å². The van der Waals surface area contributed by atoms with E-state index in [1.807, 2.05) is 12.1 Å². The molecule has 2 aromatic rings. The van der Waals surface area contributed by atoms with Crippen molar-refractivity contribution in [1.29, 1.82) is 0 Å². The molecule has 0 atom stereocenters. The number of amides is 2. The number of piperazine rings is 1. The summed E-state index contributed by atoms with van der Waals surface area (Å²) in [5.41, 5.74) is 2.47. The molecule has 0 spiro atoms. The maximum atomic E-state index is 12.5. The van der Waals surface area contributed by atoms with Crippen LogP contribution in [-0.2, 0) is 16.1 Å². The number of hydrogen-bond donors (Lipinski definition) is 2. The monoisotopic (exact) mass is 424 g/mol. The fourth-order valence-electron chi connectivity index (χ4n) is 3.96. The topological polar surface area (TPSA) is 92.4 Å². The Kier molecular flexibility index (Phi) is 5.35. The van der Waals surface area contributed by atoms with Crippen molar-refractivity contribution in [1.82, 2.24) is 9.80 Å². The molecule has 2 amide bonds. The summed E-state index contributed by atoms with van der Waals surface area (Å²) in [5.74, 6) is 1.93. The number of nitrogens with one attached hydrogen (secondary N) is 2. The Morgan fingerprint density at radius 3 is 2.61 bits per heavy atom. The molecule has 0 unspecified atom stereocenters. The van der Waals surface area contributed by atoms with Gasteiger partial charge in [-0.25, -0.2) is 0 Å². The average molecular weight is 424 g/mol. The molecule has 3 heterocycles. The largest absolute Gasteiger partial charge is 0.482 e. The van der Waals surface area contributed by atoms with Crippen LogP contribution in [-0.4, -0.2) is 67.7 Å². The van der Waals surface area contributed by atoms with Crippen molar-refractivity contribution in [3.05, 3.63) is 42.0 Å². The van der Waals surface area contributed by atoms with Crippen LogP contribution in [0, 0.1) is 0 Å². The van der Waals surface area contributed by atoms with Crippen molar-refractivity contribution in [2.45, 2.75) is 6.54 Å². The van der Waals surface area contributed by atoms with Gasteiger partial charge in [0.1, 0.15) is 5.75 Å². The minimum atomic E-state index is -0.179. The molecule has 31 heavy (non-hydrogen) atoms. The third kappa shape index (κ3) is 4.57. The molecule has 1 saturated heterocycles. The number of anilines is 2. The molecular formula is C22H24N4O5. The molecule has 9 heteroatoms. The fourth-order valence-corrected chi connectivity index (χ4v) is 3.96. The summed E-state index contributed by atoms with van der Waals surface area (Å²) >= 11 is 0. The van der Waals surface area contributed by atoms with Gasteiger partial charge in [0.05, 0.1) is 12.2 Å². The summed E-state index contributed by atoms with van der Waals surface area (Å²) in [6, 6.07) is 11.3. The van der Waals surface area contributed by atoms with E-state index in [4.69, 9.17) is 14.2 Å². The maximum Gasteiger partial charge on any atom is 0.262 e. The van der Waals surface area contributed by atoms with Gasteiger partial charge >= 0.3 is 0 Å². The molecule has 9 nitrogen and oxygen atoms in total. The van der Waals surface area contributed by atoms with E-state index < -0.39 is 0 Å². The Morgan fingerprint density at radius 2 is 1.74 bits per heavy atom. The zero-order valence-corrected chi connectivity index (χ0v) is 17.1. The van der Waals surface area contributed by atoms with Crippen molar-refractivity contribution in [2.24, 2.45) is 0 Å². The van der Waals surface area contributed by atoms with E-state index in [-0.39, 0.29) is 25.2 Å². The first kappa shape index (κ1) is 19.7. The summed E-state index contributed by atoms with van der Waals surface area (Å²) in [5, 5.41) is 5.65. The third-order valence-electron chi connectivity index (χ3n) is 5.57. The van der Waals surface area contributed by atoms with Gasteiger partial charge in [-0.2, -0.15) is 0 Å². The summed E-state index contributed by atoms with van der Waals surface area (Å²) < 4.78 is 16.2. The second-order valence-electron chi connectivity index (χ2n) is 7.84. The van der Waals surface area contributed by atoms with Crippen LogP contribution in [0.4, 0.5) is 11.4 Å². The first-order valence-electron chi connectivity index (χ1n) is 10.3. The smallest absolute Gasteiger partial charge is 0.262 e. The molecule has 5 rings (SSSR count). The molecule has 0 aliphatic carbocycles. The van der Waals surface area contributed by atoms with Crippen molar-refractivity contribution in [3.63, 3.8) is 0 Å². The Bertz CT molecular complexity index is 1000. The van der Waals surface area contributed by atoms with Crippen LogP contribution >= 0.6 is 0 Å². The molecule has 1 fully saturated rings. The number of rotatable bonds is 5. The zero-order valence-electron chi connectivity index (χ0n) is 17.1. The minimum absolute atomic E-state index is 0.0130. The predicted octanol–water partition coefficient (Wildman–Crippen LogP) is 1.50. The highest BCUT2D eigenvalue weighted by Gasteiger charge is 2.21. The predicted molar refractivity (Wildman–Crippen MR) is 113 cm³/mol. The van der Waals surface area contributed by atoms with Gasteiger partial charge < -0.3 is 24.8 Å². The number of nitrogens with zero attached hydrogens (tertiary/aromatic N) is 2. The molecule has 2 N–H and O–H groups in total. The number of carbonyl (C=O) groups is 2. The van der Waals surface area contributed by atoms with Gasteiger partial charge in [0.15, 0.2) is 18.1 Å². The van der Waals surface area contributed by atoms with Gasteiger partial charge in [-0.1, -0.05) is 6.07 Å². The maximum absolute atomic E-state index is 12.5. The lowest BCUT2D eigenvalue weighted by atomic mass is 10.1. The Labute approximate surface area is 179 Å². The van der Waals surface area contributed by atoms with E-state index in [1.165, 1.54) is 5.56 Å². The lowest BCUT2D eigenvalue weighted by Gasteiger charge is -2.34. The second kappa shape index (κ2) is 8.44. The van der Waals surface area contributed by atoms with Gasteiger partial charge in [0.2, 0.25) is 12.7 Å². The molecule has 3 aliphatic heterocycles. The Balaban J connectivity index is 1.09. The first-order chi connectivity index (χ1) is 15.1. The van der Waals surface area contributed by atoms with Crippen molar-refractivity contribution >= 4 is 23.2 Å². The van der Waals surface area contributed by atoms with Crippen LogP contribution < -0.4 is 24.8 Å². The second-order valence-corrected chi connectivity index (χ2v) is 7.84.